The van der Waals surface area contributed by atoms with Gasteiger partial charge in [0.2, 0.25) is 0 Å². The minimum absolute atomic E-state index is 0.00665. The molecule has 0 spiro atoms. The molecule has 2 aromatic rings. The van der Waals surface area contributed by atoms with Crippen molar-refractivity contribution in [1.82, 2.24) is 9.80 Å². The van der Waals surface area contributed by atoms with Crippen molar-refractivity contribution >= 4 is 17.5 Å². The molecule has 2 amide bonds. The van der Waals surface area contributed by atoms with E-state index in [0.29, 0.717) is 43.1 Å². The number of carbonyl (C=O) groups excluding carboxylic acids is 2. The fourth-order valence-electron chi connectivity index (χ4n) is 3.15. The summed E-state index contributed by atoms with van der Waals surface area (Å²) in [6.45, 7) is 2.10. The number of piperazine rings is 1. The lowest BCUT2D eigenvalue weighted by atomic mass is 10.1. The van der Waals surface area contributed by atoms with Crippen molar-refractivity contribution in [1.29, 1.82) is 0 Å². The van der Waals surface area contributed by atoms with Crippen LogP contribution in [0.4, 0.5) is 5.69 Å². The summed E-state index contributed by atoms with van der Waals surface area (Å²) in [5, 5.41) is 0. The monoisotopic (exact) mass is 367 g/mol. The fraction of sp³-hybridized carbons (Fsp3) is 0.333. The van der Waals surface area contributed by atoms with Crippen molar-refractivity contribution < 1.29 is 14.3 Å². The lowest BCUT2D eigenvalue weighted by Gasteiger charge is -2.35. The molecular formula is C21H25N3O3. The molecule has 0 unspecified atom stereocenters. The van der Waals surface area contributed by atoms with Gasteiger partial charge in [-0.15, -0.1) is 0 Å². The third-order valence-electron chi connectivity index (χ3n) is 4.78. The molecular weight excluding hydrogens is 342 g/mol. The summed E-state index contributed by atoms with van der Waals surface area (Å²) in [5.74, 6) is 0.637. The highest BCUT2D eigenvalue weighted by Crippen LogP contribution is 2.18. The van der Waals surface area contributed by atoms with Gasteiger partial charge in [0.05, 0.1) is 7.11 Å². The van der Waals surface area contributed by atoms with Gasteiger partial charge in [-0.05, 0) is 36.4 Å². The molecule has 3 rings (SSSR count). The van der Waals surface area contributed by atoms with Crippen LogP contribution in [0.1, 0.15) is 20.7 Å². The lowest BCUT2D eigenvalue weighted by Crippen LogP contribution is -2.50. The summed E-state index contributed by atoms with van der Waals surface area (Å²) in [4.78, 5) is 31.1. The number of methoxy groups -OCH3 is 1. The molecule has 6 nitrogen and oxygen atoms in total. The van der Waals surface area contributed by atoms with E-state index in [-0.39, 0.29) is 11.8 Å². The van der Waals surface area contributed by atoms with Crippen LogP contribution in [0, 0.1) is 0 Å². The zero-order valence-corrected chi connectivity index (χ0v) is 16.0. The maximum Gasteiger partial charge on any atom is 0.254 e. The highest BCUT2D eigenvalue weighted by atomic mass is 16.5. The van der Waals surface area contributed by atoms with Crippen molar-refractivity contribution in [3.63, 3.8) is 0 Å². The van der Waals surface area contributed by atoms with E-state index in [1.807, 2.05) is 60.3 Å². The van der Waals surface area contributed by atoms with Crippen LogP contribution in [0.5, 0.6) is 5.75 Å². The van der Waals surface area contributed by atoms with E-state index >= 15 is 0 Å². The maximum absolute atomic E-state index is 12.8. The van der Waals surface area contributed by atoms with E-state index in [4.69, 9.17) is 4.74 Å². The Kier molecular flexibility index (Phi) is 5.64. The molecule has 1 heterocycles. The van der Waals surface area contributed by atoms with E-state index in [9.17, 15) is 9.59 Å². The van der Waals surface area contributed by atoms with Crippen molar-refractivity contribution in [3.8, 4) is 5.75 Å². The van der Waals surface area contributed by atoms with Crippen LogP contribution in [0.2, 0.25) is 0 Å². The van der Waals surface area contributed by atoms with Gasteiger partial charge in [0.15, 0.2) is 0 Å². The maximum atomic E-state index is 12.8. The second kappa shape index (κ2) is 8.12. The molecule has 0 aliphatic carbocycles. The van der Waals surface area contributed by atoms with E-state index < -0.39 is 0 Å². The standard InChI is InChI=1S/C21H25N3O3/c1-22(2)18-8-4-6-16(14-18)20(25)23-10-12-24(13-11-23)21(26)17-7-5-9-19(15-17)27-3/h4-9,14-15H,10-13H2,1-3H3. The van der Waals surface area contributed by atoms with Crippen LogP contribution in [0.25, 0.3) is 0 Å². The first-order valence-corrected chi connectivity index (χ1v) is 8.99. The molecule has 27 heavy (non-hydrogen) atoms. The number of hydrogen-bond donors (Lipinski definition) is 0. The summed E-state index contributed by atoms with van der Waals surface area (Å²) in [7, 11) is 5.48. The number of rotatable bonds is 4. The first-order chi connectivity index (χ1) is 13.0. The molecule has 0 atom stereocenters. The Hall–Kier alpha value is -3.02. The largest absolute Gasteiger partial charge is 0.497 e. The Morgan fingerprint density at radius 2 is 1.37 bits per heavy atom. The summed E-state index contributed by atoms with van der Waals surface area (Å²) in [6.07, 6.45) is 0. The Bertz CT molecular complexity index is 827. The number of hydrogen-bond acceptors (Lipinski definition) is 4. The molecule has 1 fully saturated rings. The van der Waals surface area contributed by atoms with Crippen molar-refractivity contribution in [2.24, 2.45) is 0 Å². The average molecular weight is 367 g/mol. The fourth-order valence-corrected chi connectivity index (χ4v) is 3.15. The quantitative estimate of drug-likeness (QED) is 0.833. The van der Waals surface area contributed by atoms with Gasteiger partial charge in [-0.2, -0.15) is 0 Å². The van der Waals surface area contributed by atoms with Crippen LogP contribution >= 0.6 is 0 Å². The van der Waals surface area contributed by atoms with Gasteiger partial charge in [0.1, 0.15) is 5.75 Å². The number of benzene rings is 2. The van der Waals surface area contributed by atoms with Crippen molar-refractivity contribution in [3.05, 3.63) is 59.7 Å². The summed E-state index contributed by atoms with van der Waals surface area (Å²) in [5.41, 5.74) is 2.27. The normalized spacial score (nSPS) is 14.0. The minimum Gasteiger partial charge on any atom is -0.497 e. The summed E-state index contributed by atoms with van der Waals surface area (Å²) >= 11 is 0. The highest BCUT2D eigenvalue weighted by Gasteiger charge is 2.25. The number of amides is 2. The van der Waals surface area contributed by atoms with Gasteiger partial charge in [0.25, 0.3) is 11.8 Å². The van der Waals surface area contributed by atoms with Crippen LogP contribution in [-0.4, -0.2) is 69.0 Å². The SMILES string of the molecule is COc1cccc(C(=O)N2CCN(C(=O)c3cccc(N(C)C)c3)CC2)c1. The molecule has 6 heteroatoms. The first-order valence-electron chi connectivity index (χ1n) is 8.99. The number of nitrogens with zero attached hydrogens (tertiary/aromatic N) is 3. The molecule has 1 aliphatic heterocycles. The van der Waals surface area contributed by atoms with Crippen LogP contribution in [0.15, 0.2) is 48.5 Å². The third kappa shape index (κ3) is 4.22. The minimum atomic E-state index is -0.0318. The van der Waals surface area contributed by atoms with E-state index in [0.717, 1.165) is 5.69 Å². The van der Waals surface area contributed by atoms with Gasteiger partial charge >= 0.3 is 0 Å². The average Bonchev–Trinajstić information content (AvgIpc) is 2.73. The molecule has 2 aromatic carbocycles. The topological polar surface area (TPSA) is 53.1 Å². The molecule has 0 bridgehead atoms. The smallest absolute Gasteiger partial charge is 0.254 e. The van der Waals surface area contributed by atoms with Gasteiger partial charge in [0, 0.05) is 57.1 Å². The summed E-state index contributed by atoms with van der Waals surface area (Å²) in [6, 6.07) is 14.8. The molecule has 1 aliphatic rings. The second-order valence-corrected chi connectivity index (χ2v) is 6.76. The number of ether oxygens (including phenoxy) is 1. The van der Waals surface area contributed by atoms with Gasteiger partial charge in [-0.3, -0.25) is 9.59 Å². The van der Waals surface area contributed by atoms with E-state index in [2.05, 4.69) is 0 Å². The van der Waals surface area contributed by atoms with Crippen LogP contribution in [-0.2, 0) is 0 Å². The molecule has 0 radical (unpaired) electrons. The predicted octanol–water partition coefficient (Wildman–Crippen LogP) is 2.36. The molecule has 142 valence electrons. The Labute approximate surface area is 159 Å². The number of anilines is 1. The molecule has 1 saturated heterocycles. The zero-order chi connectivity index (χ0) is 19.4. The lowest BCUT2D eigenvalue weighted by molar-refractivity contribution is 0.0535. The van der Waals surface area contributed by atoms with Gasteiger partial charge in [-0.25, -0.2) is 0 Å². The summed E-state index contributed by atoms with van der Waals surface area (Å²) < 4.78 is 5.19. The Morgan fingerprint density at radius 3 is 1.89 bits per heavy atom. The Balaban J connectivity index is 1.63. The van der Waals surface area contributed by atoms with Gasteiger partial charge in [-0.1, -0.05) is 12.1 Å². The first kappa shape index (κ1) is 18.8. The van der Waals surface area contributed by atoms with Crippen molar-refractivity contribution in [2.75, 3.05) is 52.3 Å². The zero-order valence-electron chi connectivity index (χ0n) is 16.0. The second-order valence-electron chi connectivity index (χ2n) is 6.76. The Morgan fingerprint density at radius 1 is 0.852 bits per heavy atom. The molecule has 0 aromatic heterocycles. The molecule has 0 N–H and O–H groups in total. The molecule has 0 saturated carbocycles. The van der Waals surface area contributed by atoms with E-state index in [1.54, 1.807) is 24.1 Å². The van der Waals surface area contributed by atoms with Crippen molar-refractivity contribution in [2.45, 2.75) is 0 Å². The number of carbonyl (C=O) groups is 2. The predicted molar refractivity (Wildman–Crippen MR) is 106 cm³/mol. The van der Waals surface area contributed by atoms with Crippen LogP contribution in [0.3, 0.4) is 0 Å². The van der Waals surface area contributed by atoms with Gasteiger partial charge < -0.3 is 19.4 Å². The van der Waals surface area contributed by atoms with Crippen LogP contribution < -0.4 is 9.64 Å². The highest BCUT2D eigenvalue weighted by molar-refractivity contribution is 5.96. The van der Waals surface area contributed by atoms with E-state index in [1.165, 1.54) is 0 Å². The third-order valence-corrected chi connectivity index (χ3v) is 4.78.